The van der Waals surface area contributed by atoms with Gasteiger partial charge in [0.1, 0.15) is 0 Å². The summed E-state index contributed by atoms with van der Waals surface area (Å²) in [4.78, 5) is 2.53. The van der Waals surface area contributed by atoms with E-state index in [1.54, 1.807) is 0 Å². The van der Waals surface area contributed by atoms with Gasteiger partial charge in [-0.3, -0.25) is 4.90 Å². The molecule has 1 aromatic rings. The molecule has 3 heteroatoms. The molecule has 1 aromatic carbocycles. The largest absolute Gasteiger partial charge is 0.329 e. The molecule has 2 rings (SSSR count). The maximum atomic E-state index is 5.92. The third-order valence-corrected chi connectivity index (χ3v) is 4.05. The molecule has 1 heterocycles. The van der Waals surface area contributed by atoms with Crippen molar-refractivity contribution in [3.63, 3.8) is 0 Å². The third kappa shape index (κ3) is 3.01. The molecule has 0 radical (unpaired) electrons. The Bertz CT molecular complexity index is 350. The smallest absolute Gasteiger partial charge is 0.0406 e. The van der Waals surface area contributed by atoms with Crippen LogP contribution in [0.1, 0.15) is 37.8 Å². The Balaban J connectivity index is 2.12. The molecule has 94 valence electrons. The van der Waals surface area contributed by atoms with Gasteiger partial charge in [-0.15, -0.1) is 0 Å². The number of hydrogen-bond donors (Lipinski definition) is 1. The van der Waals surface area contributed by atoms with E-state index in [1.165, 1.54) is 24.8 Å². The number of benzene rings is 1. The van der Waals surface area contributed by atoms with E-state index in [0.717, 1.165) is 18.1 Å². The first-order chi connectivity index (χ1) is 8.22. The lowest BCUT2D eigenvalue weighted by Crippen LogP contribution is -2.45. The van der Waals surface area contributed by atoms with Gasteiger partial charge in [-0.05, 0) is 44.0 Å². The standard InChI is InChI=1S/C14H21ClN2/c1-11(12-5-7-13(15)8-6-12)17-9-3-2-4-14(17)10-16/h5-8,11,14H,2-4,9-10,16H2,1H3. The molecular formula is C14H21ClN2. The Kier molecular flexibility index (Phi) is 4.43. The van der Waals surface area contributed by atoms with Crippen LogP contribution in [0.2, 0.25) is 5.02 Å². The molecular weight excluding hydrogens is 232 g/mol. The number of nitrogens with zero attached hydrogens (tertiary/aromatic N) is 1. The zero-order chi connectivity index (χ0) is 12.3. The summed E-state index contributed by atoms with van der Waals surface area (Å²) in [5.41, 5.74) is 7.20. The predicted octanol–water partition coefficient (Wildman–Crippen LogP) is 3.21. The van der Waals surface area contributed by atoms with Crippen LogP contribution in [0.25, 0.3) is 0 Å². The lowest BCUT2D eigenvalue weighted by atomic mass is 9.97. The van der Waals surface area contributed by atoms with Gasteiger partial charge < -0.3 is 5.73 Å². The van der Waals surface area contributed by atoms with E-state index in [0.29, 0.717) is 12.1 Å². The average Bonchev–Trinajstić information content (AvgIpc) is 2.39. The molecule has 0 amide bonds. The van der Waals surface area contributed by atoms with Crippen molar-refractivity contribution in [2.45, 2.75) is 38.3 Å². The highest BCUT2D eigenvalue weighted by Gasteiger charge is 2.25. The number of nitrogens with two attached hydrogens (primary N) is 1. The number of hydrogen-bond acceptors (Lipinski definition) is 2. The molecule has 0 aliphatic carbocycles. The second-order valence-corrected chi connectivity index (χ2v) is 5.29. The first-order valence-electron chi connectivity index (χ1n) is 6.43. The Morgan fingerprint density at radius 3 is 2.71 bits per heavy atom. The summed E-state index contributed by atoms with van der Waals surface area (Å²) in [6, 6.07) is 9.14. The summed E-state index contributed by atoms with van der Waals surface area (Å²) in [5.74, 6) is 0. The molecule has 2 nitrogen and oxygen atoms in total. The van der Waals surface area contributed by atoms with E-state index in [2.05, 4.69) is 24.0 Å². The van der Waals surface area contributed by atoms with Gasteiger partial charge in [0, 0.05) is 23.7 Å². The van der Waals surface area contributed by atoms with Crippen molar-refractivity contribution >= 4 is 11.6 Å². The predicted molar refractivity (Wildman–Crippen MR) is 73.3 cm³/mol. The van der Waals surface area contributed by atoms with Gasteiger partial charge in [-0.1, -0.05) is 30.2 Å². The van der Waals surface area contributed by atoms with Crippen LogP contribution in [-0.4, -0.2) is 24.0 Å². The van der Waals surface area contributed by atoms with E-state index in [9.17, 15) is 0 Å². The molecule has 2 atom stereocenters. The summed E-state index contributed by atoms with van der Waals surface area (Å²) >= 11 is 5.92. The van der Waals surface area contributed by atoms with Crippen molar-refractivity contribution < 1.29 is 0 Å². The van der Waals surface area contributed by atoms with E-state index < -0.39 is 0 Å². The molecule has 17 heavy (non-hydrogen) atoms. The van der Waals surface area contributed by atoms with Gasteiger partial charge in [-0.2, -0.15) is 0 Å². The van der Waals surface area contributed by atoms with Crippen LogP contribution in [0.3, 0.4) is 0 Å². The Labute approximate surface area is 109 Å². The summed E-state index contributed by atoms with van der Waals surface area (Å²) in [7, 11) is 0. The van der Waals surface area contributed by atoms with Crippen LogP contribution in [0.4, 0.5) is 0 Å². The van der Waals surface area contributed by atoms with Crippen molar-refractivity contribution in [2.24, 2.45) is 5.73 Å². The van der Waals surface area contributed by atoms with Crippen LogP contribution in [0.15, 0.2) is 24.3 Å². The molecule has 1 aliphatic rings. The maximum Gasteiger partial charge on any atom is 0.0406 e. The van der Waals surface area contributed by atoms with Crippen LogP contribution in [0, 0.1) is 0 Å². The van der Waals surface area contributed by atoms with E-state index in [-0.39, 0.29) is 0 Å². The van der Waals surface area contributed by atoms with Crippen molar-refractivity contribution in [3.8, 4) is 0 Å². The quantitative estimate of drug-likeness (QED) is 0.895. The maximum absolute atomic E-state index is 5.92. The first kappa shape index (κ1) is 12.9. The zero-order valence-electron chi connectivity index (χ0n) is 10.4. The normalized spacial score (nSPS) is 23.6. The zero-order valence-corrected chi connectivity index (χ0v) is 11.2. The van der Waals surface area contributed by atoms with Crippen molar-refractivity contribution in [3.05, 3.63) is 34.9 Å². The molecule has 2 N–H and O–H groups in total. The van der Waals surface area contributed by atoms with E-state index in [1.807, 2.05) is 12.1 Å². The topological polar surface area (TPSA) is 29.3 Å². The second-order valence-electron chi connectivity index (χ2n) is 4.85. The Hall–Kier alpha value is -0.570. The van der Waals surface area contributed by atoms with E-state index in [4.69, 9.17) is 17.3 Å². The molecule has 1 fully saturated rings. The van der Waals surface area contributed by atoms with E-state index >= 15 is 0 Å². The average molecular weight is 253 g/mol. The highest BCUT2D eigenvalue weighted by Crippen LogP contribution is 2.28. The summed E-state index contributed by atoms with van der Waals surface area (Å²) in [6.07, 6.45) is 3.83. The number of likely N-dealkylation sites (tertiary alicyclic amines) is 1. The van der Waals surface area contributed by atoms with Gasteiger partial charge in [0.05, 0.1) is 0 Å². The molecule has 0 saturated carbocycles. The number of piperidine rings is 1. The molecule has 1 saturated heterocycles. The van der Waals surface area contributed by atoms with Crippen molar-refractivity contribution in [1.29, 1.82) is 0 Å². The lowest BCUT2D eigenvalue weighted by Gasteiger charge is -2.39. The molecule has 0 bridgehead atoms. The Morgan fingerprint density at radius 2 is 2.06 bits per heavy atom. The fraction of sp³-hybridized carbons (Fsp3) is 0.571. The van der Waals surface area contributed by atoms with Gasteiger partial charge in [0.15, 0.2) is 0 Å². The van der Waals surface area contributed by atoms with Gasteiger partial charge in [0.2, 0.25) is 0 Å². The molecule has 0 aromatic heterocycles. The van der Waals surface area contributed by atoms with Crippen molar-refractivity contribution in [1.82, 2.24) is 4.90 Å². The Morgan fingerprint density at radius 1 is 1.35 bits per heavy atom. The van der Waals surface area contributed by atoms with Gasteiger partial charge in [0.25, 0.3) is 0 Å². The van der Waals surface area contributed by atoms with Gasteiger partial charge >= 0.3 is 0 Å². The van der Waals surface area contributed by atoms with Gasteiger partial charge in [-0.25, -0.2) is 0 Å². The molecule has 1 aliphatic heterocycles. The minimum absolute atomic E-state index is 0.432. The highest BCUT2D eigenvalue weighted by atomic mass is 35.5. The SMILES string of the molecule is CC(c1ccc(Cl)cc1)N1CCCCC1CN. The molecule has 2 unspecified atom stereocenters. The van der Waals surface area contributed by atoms with Crippen LogP contribution in [-0.2, 0) is 0 Å². The monoisotopic (exact) mass is 252 g/mol. The summed E-state index contributed by atoms with van der Waals surface area (Å²) in [6.45, 7) is 4.18. The summed E-state index contributed by atoms with van der Waals surface area (Å²) in [5, 5.41) is 0.801. The summed E-state index contributed by atoms with van der Waals surface area (Å²) < 4.78 is 0. The number of halogens is 1. The first-order valence-corrected chi connectivity index (χ1v) is 6.81. The third-order valence-electron chi connectivity index (χ3n) is 3.79. The lowest BCUT2D eigenvalue weighted by molar-refractivity contribution is 0.108. The minimum Gasteiger partial charge on any atom is -0.329 e. The minimum atomic E-state index is 0.432. The van der Waals surface area contributed by atoms with Crippen LogP contribution < -0.4 is 5.73 Å². The second kappa shape index (κ2) is 5.85. The fourth-order valence-corrected chi connectivity index (χ4v) is 2.84. The van der Waals surface area contributed by atoms with Crippen molar-refractivity contribution in [2.75, 3.05) is 13.1 Å². The number of rotatable bonds is 3. The van der Waals surface area contributed by atoms with Crippen LogP contribution >= 0.6 is 11.6 Å². The molecule has 0 spiro atoms. The fourth-order valence-electron chi connectivity index (χ4n) is 2.72. The highest BCUT2D eigenvalue weighted by molar-refractivity contribution is 6.30. The van der Waals surface area contributed by atoms with Crippen LogP contribution in [0.5, 0.6) is 0 Å².